The number of nitrogens with one attached hydrogen (secondary N) is 1. The van der Waals surface area contributed by atoms with Crippen molar-refractivity contribution in [2.45, 2.75) is 20.4 Å². The molecule has 0 atom stereocenters. The molecule has 13 heavy (non-hydrogen) atoms. The summed E-state index contributed by atoms with van der Waals surface area (Å²) >= 11 is 1.12. The maximum Gasteiger partial charge on any atom is 0.307 e. The quantitative estimate of drug-likeness (QED) is 0.765. The predicted molar refractivity (Wildman–Crippen MR) is 52.0 cm³/mol. The first-order valence-electron chi connectivity index (χ1n) is 4.06. The van der Waals surface area contributed by atoms with E-state index in [-0.39, 0.29) is 17.3 Å². The van der Waals surface area contributed by atoms with Crippen molar-refractivity contribution in [3.8, 4) is 0 Å². The number of aromatic nitrogens is 1. The largest absolute Gasteiger partial charge is 0.355 e. The molecule has 1 aromatic heterocycles. The van der Waals surface area contributed by atoms with Gasteiger partial charge in [0.25, 0.3) is 0 Å². The lowest BCUT2D eigenvalue weighted by Gasteiger charge is -2.03. The summed E-state index contributed by atoms with van der Waals surface area (Å²) in [4.78, 5) is 22.3. The van der Waals surface area contributed by atoms with Gasteiger partial charge < -0.3 is 5.32 Å². The Morgan fingerprint density at radius 2 is 2.38 bits per heavy atom. The molecule has 0 radical (unpaired) electrons. The SMILES string of the molecule is CCNC(=O)Cn1c(C)csc1=O. The Kier molecular flexibility index (Phi) is 3.25. The van der Waals surface area contributed by atoms with Gasteiger partial charge >= 0.3 is 4.87 Å². The Bertz CT molecular complexity index is 353. The van der Waals surface area contributed by atoms with Crippen LogP contribution in [0.2, 0.25) is 0 Å². The number of hydrogen-bond acceptors (Lipinski definition) is 3. The van der Waals surface area contributed by atoms with Gasteiger partial charge in [0.2, 0.25) is 5.91 Å². The first kappa shape index (κ1) is 9.98. The van der Waals surface area contributed by atoms with Crippen LogP contribution in [0.1, 0.15) is 12.6 Å². The second kappa shape index (κ2) is 4.23. The summed E-state index contributed by atoms with van der Waals surface area (Å²) < 4.78 is 1.47. The number of nitrogens with zero attached hydrogens (tertiary/aromatic N) is 1. The molecule has 0 saturated carbocycles. The van der Waals surface area contributed by atoms with Gasteiger partial charge in [0, 0.05) is 17.6 Å². The summed E-state index contributed by atoms with van der Waals surface area (Å²) in [6.45, 7) is 4.39. The van der Waals surface area contributed by atoms with Crippen LogP contribution in [0.25, 0.3) is 0 Å². The summed E-state index contributed by atoms with van der Waals surface area (Å²) in [6, 6.07) is 0. The summed E-state index contributed by atoms with van der Waals surface area (Å²) in [6.07, 6.45) is 0. The molecule has 72 valence electrons. The smallest absolute Gasteiger partial charge is 0.307 e. The van der Waals surface area contributed by atoms with Crippen molar-refractivity contribution >= 4 is 17.2 Å². The fourth-order valence-corrected chi connectivity index (χ4v) is 1.73. The van der Waals surface area contributed by atoms with Crippen molar-refractivity contribution in [3.05, 3.63) is 20.7 Å². The van der Waals surface area contributed by atoms with Crippen molar-refractivity contribution in [2.75, 3.05) is 6.54 Å². The van der Waals surface area contributed by atoms with Crippen molar-refractivity contribution in [1.29, 1.82) is 0 Å². The Morgan fingerprint density at radius 3 is 2.85 bits per heavy atom. The van der Waals surface area contributed by atoms with Crippen molar-refractivity contribution < 1.29 is 4.79 Å². The maximum absolute atomic E-state index is 11.2. The molecule has 1 aromatic rings. The van der Waals surface area contributed by atoms with E-state index in [1.165, 1.54) is 4.57 Å². The van der Waals surface area contributed by atoms with Gasteiger partial charge in [0.1, 0.15) is 6.54 Å². The molecule has 0 unspecified atom stereocenters. The fraction of sp³-hybridized carbons (Fsp3) is 0.500. The second-order valence-corrected chi connectivity index (χ2v) is 3.50. The zero-order valence-electron chi connectivity index (χ0n) is 7.66. The summed E-state index contributed by atoms with van der Waals surface area (Å²) in [5, 5.41) is 4.40. The molecule has 1 heterocycles. The minimum absolute atomic E-state index is 0.0799. The molecular formula is C8H12N2O2S. The minimum Gasteiger partial charge on any atom is -0.355 e. The van der Waals surface area contributed by atoms with Gasteiger partial charge in [0.15, 0.2) is 0 Å². The van der Waals surface area contributed by atoms with Gasteiger partial charge in [-0.05, 0) is 13.8 Å². The zero-order valence-corrected chi connectivity index (χ0v) is 8.48. The van der Waals surface area contributed by atoms with E-state index in [2.05, 4.69) is 5.32 Å². The number of hydrogen-bond donors (Lipinski definition) is 1. The molecule has 0 aromatic carbocycles. The van der Waals surface area contributed by atoms with Gasteiger partial charge in [-0.2, -0.15) is 0 Å². The van der Waals surface area contributed by atoms with Crippen molar-refractivity contribution in [3.63, 3.8) is 0 Å². The lowest BCUT2D eigenvalue weighted by molar-refractivity contribution is -0.121. The van der Waals surface area contributed by atoms with Crippen LogP contribution in [-0.2, 0) is 11.3 Å². The van der Waals surface area contributed by atoms with Crippen LogP contribution < -0.4 is 10.2 Å². The summed E-state index contributed by atoms with van der Waals surface area (Å²) in [7, 11) is 0. The van der Waals surface area contributed by atoms with Crippen LogP contribution in [0, 0.1) is 6.92 Å². The van der Waals surface area contributed by atoms with E-state index >= 15 is 0 Å². The third-order valence-electron chi connectivity index (χ3n) is 1.65. The molecular weight excluding hydrogens is 188 g/mol. The van der Waals surface area contributed by atoms with E-state index < -0.39 is 0 Å². The topological polar surface area (TPSA) is 51.1 Å². The molecule has 0 aliphatic carbocycles. The third-order valence-corrected chi connectivity index (χ3v) is 2.53. The van der Waals surface area contributed by atoms with Crippen LogP contribution >= 0.6 is 11.3 Å². The molecule has 0 aliphatic rings. The average Bonchev–Trinajstić information content (AvgIpc) is 2.36. The van der Waals surface area contributed by atoms with Crippen molar-refractivity contribution in [2.24, 2.45) is 0 Å². The van der Waals surface area contributed by atoms with E-state index in [1.54, 1.807) is 5.38 Å². The Balaban J connectivity index is 2.74. The summed E-state index contributed by atoms with van der Waals surface area (Å²) in [5.41, 5.74) is 0.834. The van der Waals surface area contributed by atoms with Gasteiger partial charge in [0.05, 0.1) is 0 Å². The molecule has 1 N–H and O–H groups in total. The molecule has 0 saturated heterocycles. The highest BCUT2D eigenvalue weighted by molar-refractivity contribution is 7.07. The number of likely N-dealkylation sites (N-methyl/N-ethyl adjacent to an activating group) is 1. The molecule has 0 aliphatic heterocycles. The number of carbonyl (C=O) groups excluding carboxylic acids is 1. The number of rotatable bonds is 3. The summed E-state index contributed by atoms with van der Waals surface area (Å²) in [5.74, 6) is -0.119. The van der Waals surface area contributed by atoms with E-state index in [1.807, 2.05) is 13.8 Å². The second-order valence-electron chi connectivity index (χ2n) is 2.68. The fourth-order valence-electron chi connectivity index (χ4n) is 0.993. The van der Waals surface area contributed by atoms with E-state index in [0.717, 1.165) is 17.0 Å². The molecule has 1 amide bonds. The van der Waals surface area contributed by atoms with E-state index in [0.29, 0.717) is 6.54 Å². The first-order valence-corrected chi connectivity index (χ1v) is 4.94. The minimum atomic E-state index is -0.119. The number of thiazole rings is 1. The highest BCUT2D eigenvalue weighted by atomic mass is 32.1. The predicted octanol–water partition coefficient (Wildman–Crippen LogP) is 0.354. The average molecular weight is 200 g/mol. The molecule has 0 bridgehead atoms. The Morgan fingerprint density at radius 1 is 1.69 bits per heavy atom. The molecule has 0 fully saturated rings. The highest BCUT2D eigenvalue weighted by Crippen LogP contribution is 1.98. The Hall–Kier alpha value is -1.10. The molecule has 0 spiro atoms. The zero-order chi connectivity index (χ0) is 9.84. The lowest BCUT2D eigenvalue weighted by atomic mass is 10.5. The highest BCUT2D eigenvalue weighted by Gasteiger charge is 2.06. The number of aryl methyl sites for hydroxylation is 1. The van der Waals surface area contributed by atoms with Crippen LogP contribution in [0.15, 0.2) is 10.2 Å². The van der Waals surface area contributed by atoms with Gasteiger partial charge in [-0.15, -0.1) is 0 Å². The third kappa shape index (κ3) is 2.42. The van der Waals surface area contributed by atoms with Crippen LogP contribution in [-0.4, -0.2) is 17.0 Å². The van der Waals surface area contributed by atoms with Gasteiger partial charge in [-0.1, -0.05) is 11.3 Å². The Labute approximate surface area is 80.2 Å². The maximum atomic E-state index is 11.2. The van der Waals surface area contributed by atoms with Crippen LogP contribution in [0.3, 0.4) is 0 Å². The molecule has 5 heteroatoms. The van der Waals surface area contributed by atoms with Crippen LogP contribution in [0.4, 0.5) is 0 Å². The van der Waals surface area contributed by atoms with Gasteiger partial charge in [-0.3, -0.25) is 14.2 Å². The standard InChI is InChI=1S/C8H12N2O2S/c1-3-9-7(11)4-10-6(2)5-13-8(10)12/h5H,3-4H2,1-2H3,(H,9,11). The van der Waals surface area contributed by atoms with Crippen molar-refractivity contribution in [1.82, 2.24) is 9.88 Å². The monoisotopic (exact) mass is 200 g/mol. The van der Waals surface area contributed by atoms with E-state index in [9.17, 15) is 9.59 Å². The molecule has 1 rings (SSSR count). The van der Waals surface area contributed by atoms with Gasteiger partial charge in [-0.25, -0.2) is 0 Å². The number of amides is 1. The molecule has 4 nitrogen and oxygen atoms in total. The van der Waals surface area contributed by atoms with Crippen LogP contribution in [0.5, 0.6) is 0 Å². The number of carbonyl (C=O) groups is 1. The van der Waals surface area contributed by atoms with E-state index in [4.69, 9.17) is 0 Å². The normalized spacial score (nSPS) is 10.0. The first-order chi connectivity index (χ1) is 6.15. The lowest BCUT2D eigenvalue weighted by Crippen LogP contribution is -2.30.